The van der Waals surface area contributed by atoms with Gasteiger partial charge < -0.3 is 10.2 Å². The maximum Gasteiger partial charge on any atom is 0.335 e. The Bertz CT molecular complexity index is 647. The molecule has 0 heterocycles. The van der Waals surface area contributed by atoms with Crippen LogP contribution in [0.5, 0.6) is 0 Å². The van der Waals surface area contributed by atoms with Crippen molar-refractivity contribution in [2.75, 3.05) is 0 Å². The number of aliphatic carboxylic acids is 1. The number of benzene rings is 1. The molecule has 3 N–H and O–H groups in total. The molecule has 8 heteroatoms. The van der Waals surface area contributed by atoms with Gasteiger partial charge in [-0.05, 0) is 24.6 Å². The summed E-state index contributed by atoms with van der Waals surface area (Å²) in [7, 11) is -3.90. The Hall–Kier alpha value is -2.71. The minimum atomic E-state index is -3.90. The Morgan fingerprint density at radius 2 is 1.43 bits per heavy atom. The van der Waals surface area contributed by atoms with Crippen molar-refractivity contribution < 1.29 is 32.8 Å². The van der Waals surface area contributed by atoms with Gasteiger partial charge in [-0.15, -0.1) is 0 Å². The molecule has 0 fully saturated rings. The zero-order valence-electron chi connectivity index (χ0n) is 12.5. The third-order valence-corrected chi connectivity index (χ3v) is 2.39. The maximum atomic E-state index is 10.4. The van der Waals surface area contributed by atoms with Gasteiger partial charge >= 0.3 is 11.9 Å². The highest BCUT2D eigenvalue weighted by atomic mass is 32.2. The molecule has 1 aromatic rings. The van der Waals surface area contributed by atoms with Gasteiger partial charge in [-0.25, -0.2) is 9.59 Å². The highest BCUT2D eigenvalue weighted by Crippen LogP contribution is 2.04. The molecule has 0 aromatic heterocycles. The smallest absolute Gasteiger partial charge is 0.335 e. The predicted molar refractivity (Wildman–Crippen MR) is 87.7 cm³/mol. The SMILES string of the molecule is C=C(C)C(=O)O.C=CS(=O)(=O)O.C=Cc1ccc(C(=O)O)cc1. The molecule has 0 saturated heterocycles. The van der Waals surface area contributed by atoms with Crippen LogP contribution in [0.3, 0.4) is 0 Å². The van der Waals surface area contributed by atoms with Gasteiger partial charge in [0.05, 0.1) is 11.0 Å². The topological polar surface area (TPSA) is 129 Å². The van der Waals surface area contributed by atoms with Gasteiger partial charge in [0.15, 0.2) is 0 Å². The summed E-state index contributed by atoms with van der Waals surface area (Å²) in [5.74, 6) is -1.84. The maximum absolute atomic E-state index is 10.4. The Morgan fingerprint density at radius 1 is 1.09 bits per heavy atom. The number of carboxylic acid groups (broad SMARTS) is 2. The number of aromatic carboxylic acids is 1. The molecule has 1 aromatic carbocycles. The highest BCUT2D eigenvalue weighted by Gasteiger charge is 1.99. The van der Waals surface area contributed by atoms with Gasteiger partial charge in [0.2, 0.25) is 0 Å². The molecule has 1 rings (SSSR count). The standard InChI is InChI=1S/C9H8O2.C4H6O2.C2H4O3S/c1-2-7-3-5-8(6-4-7)9(10)11;1-3(2)4(5)6;1-2-6(3,4)5/h2-6H,1H2,(H,10,11);1H2,2H3,(H,5,6);2H,1H2,(H,3,4,5). The van der Waals surface area contributed by atoms with Crippen molar-refractivity contribution in [3.05, 3.63) is 66.1 Å². The van der Waals surface area contributed by atoms with Gasteiger partial charge in [-0.3, -0.25) is 4.55 Å². The number of rotatable bonds is 4. The minimum Gasteiger partial charge on any atom is -0.478 e. The van der Waals surface area contributed by atoms with Crippen LogP contribution in [0.15, 0.2) is 55.0 Å². The van der Waals surface area contributed by atoms with Gasteiger partial charge in [-0.1, -0.05) is 37.9 Å². The number of carbonyl (C=O) groups is 2. The first kappa shape index (κ1) is 22.6. The Balaban J connectivity index is 0. The monoisotopic (exact) mass is 342 g/mol. The van der Waals surface area contributed by atoms with Gasteiger partial charge in [0.25, 0.3) is 10.1 Å². The van der Waals surface area contributed by atoms with Crippen LogP contribution in [0.1, 0.15) is 22.8 Å². The lowest BCUT2D eigenvalue weighted by Gasteiger charge is -1.93. The molecule has 0 aliphatic rings. The molecule has 0 atom stereocenters. The molecule has 0 aliphatic heterocycles. The lowest BCUT2D eigenvalue weighted by Crippen LogP contribution is -1.94. The van der Waals surface area contributed by atoms with E-state index in [9.17, 15) is 18.0 Å². The Labute approximate surface area is 134 Å². The van der Waals surface area contributed by atoms with Crippen molar-refractivity contribution in [1.29, 1.82) is 0 Å². The second-order valence-electron chi connectivity index (χ2n) is 3.90. The summed E-state index contributed by atoms with van der Waals surface area (Å²) in [6.45, 7) is 11.0. The van der Waals surface area contributed by atoms with E-state index < -0.39 is 22.1 Å². The molecule has 0 bridgehead atoms. The van der Waals surface area contributed by atoms with Crippen LogP contribution < -0.4 is 0 Å². The quantitative estimate of drug-likeness (QED) is 0.566. The molecule has 0 amide bonds. The second-order valence-corrected chi connectivity index (χ2v) is 5.26. The van der Waals surface area contributed by atoms with E-state index in [1.54, 1.807) is 30.3 Å². The summed E-state index contributed by atoms with van der Waals surface area (Å²) in [5.41, 5.74) is 1.40. The predicted octanol–water partition coefficient (Wildman–Crippen LogP) is 2.69. The van der Waals surface area contributed by atoms with Crippen molar-refractivity contribution in [1.82, 2.24) is 0 Å². The van der Waals surface area contributed by atoms with E-state index in [4.69, 9.17) is 14.8 Å². The Kier molecular flexibility index (Phi) is 10.7. The molecule has 0 spiro atoms. The summed E-state index contributed by atoms with van der Waals surface area (Å²) in [5, 5.41) is 16.9. The van der Waals surface area contributed by atoms with E-state index in [2.05, 4.69) is 19.7 Å². The van der Waals surface area contributed by atoms with Crippen LogP contribution in [0, 0.1) is 0 Å². The van der Waals surface area contributed by atoms with E-state index in [0.29, 0.717) is 11.0 Å². The zero-order chi connectivity index (χ0) is 18.6. The van der Waals surface area contributed by atoms with Crippen LogP contribution in [0.25, 0.3) is 6.08 Å². The van der Waals surface area contributed by atoms with Crippen LogP contribution in [0.4, 0.5) is 0 Å². The molecular weight excluding hydrogens is 324 g/mol. The van der Waals surface area contributed by atoms with Crippen molar-refractivity contribution in [2.24, 2.45) is 0 Å². The highest BCUT2D eigenvalue weighted by molar-refractivity contribution is 7.88. The summed E-state index contributed by atoms with van der Waals surface area (Å²) in [6, 6.07) is 6.55. The first-order valence-electron chi connectivity index (χ1n) is 5.89. The van der Waals surface area contributed by atoms with Crippen LogP contribution in [0.2, 0.25) is 0 Å². The molecule has 0 unspecified atom stereocenters. The van der Waals surface area contributed by atoms with Gasteiger partial charge in [0, 0.05) is 5.57 Å². The molecule has 7 nitrogen and oxygen atoms in total. The summed E-state index contributed by atoms with van der Waals surface area (Å²) >= 11 is 0. The van der Waals surface area contributed by atoms with E-state index in [1.807, 2.05) is 0 Å². The number of hydrogen-bond donors (Lipinski definition) is 3. The van der Waals surface area contributed by atoms with E-state index in [-0.39, 0.29) is 5.57 Å². The van der Waals surface area contributed by atoms with Gasteiger partial charge in [-0.2, -0.15) is 8.42 Å². The van der Waals surface area contributed by atoms with Gasteiger partial charge in [0.1, 0.15) is 0 Å². The average Bonchev–Trinajstić information content (AvgIpc) is 2.47. The fourth-order valence-electron chi connectivity index (χ4n) is 0.762. The fourth-order valence-corrected chi connectivity index (χ4v) is 0.762. The third kappa shape index (κ3) is 14.0. The van der Waals surface area contributed by atoms with Crippen molar-refractivity contribution in [2.45, 2.75) is 6.92 Å². The van der Waals surface area contributed by atoms with E-state index in [0.717, 1.165) is 5.56 Å². The lowest BCUT2D eigenvalue weighted by molar-refractivity contribution is -0.132. The van der Waals surface area contributed by atoms with Crippen LogP contribution in [-0.2, 0) is 14.9 Å². The summed E-state index contributed by atoms with van der Waals surface area (Å²) in [4.78, 5) is 20.0. The molecule has 0 aliphatic carbocycles. The molecule has 0 radical (unpaired) electrons. The number of hydrogen-bond acceptors (Lipinski definition) is 4. The minimum absolute atomic E-state index is 0.176. The largest absolute Gasteiger partial charge is 0.478 e. The number of carboxylic acids is 2. The first-order valence-corrected chi connectivity index (χ1v) is 7.39. The van der Waals surface area contributed by atoms with E-state index in [1.165, 1.54) is 6.92 Å². The molecule has 23 heavy (non-hydrogen) atoms. The first-order chi connectivity index (χ1) is 10.4. The summed E-state index contributed by atoms with van der Waals surface area (Å²) in [6.07, 6.45) is 1.67. The summed E-state index contributed by atoms with van der Waals surface area (Å²) < 4.78 is 26.6. The fraction of sp³-hybridized carbons (Fsp3) is 0.0667. The van der Waals surface area contributed by atoms with Crippen molar-refractivity contribution in [3.8, 4) is 0 Å². The normalized spacial score (nSPS) is 9.13. The Morgan fingerprint density at radius 3 is 1.61 bits per heavy atom. The third-order valence-electron chi connectivity index (χ3n) is 1.97. The van der Waals surface area contributed by atoms with Crippen molar-refractivity contribution >= 4 is 28.1 Å². The van der Waals surface area contributed by atoms with E-state index >= 15 is 0 Å². The molecular formula is C15H18O7S. The van der Waals surface area contributed by atoms with Crippen LogP contribution >= 0.6 is 0 Å². The second kappa shape index (κ2) is 10.9. The average molecular weight is 342 g/mol. The molecule has 0 saturated carbocycles. The van der Waals surface area contributed by atoms with Crippen LogP contribution in [-0.4, -0.2) is 35.1 Å². The van der Waals surface area contributed by atoms with Crippen molar-refractivity contribution in [3.63, 3.8) is 0 Å². The zero-order valence-corrected chi connectivity index (χ0v) is 13.3. The molecule has 126 valence electrons. The lowest BCUT2D eigenvalue weighted by atomic mass is 10.1.